The summed E-state index contributed by atoms with van der Waals surface area (Å²) >= 11 is 0. The van der Waals surface area contributed by atoms with Crippen LogP contribution in [0.15, 0.2) is 0 Å². The molecule has 0 spiro atoms. The third kappa shape index (κ3) is 26.8. The fraction of sp³-hybridized carbons (Fsp3) is 0.909. The van der Waals surface area contributed by atoms with Crippen LogP contribution in [0.1, 0.15) is 175 Å². The zero-order valence-electron chi connectivity index (χ0n) is 25.3. The van der Waals surface area contributed by atoms with Crippen LogP contribution in [0.25, 0.3) is 0 Å². The first kappa shape index (κ1) is 36.4. The Bertz CT molecular complexity index is 470. The number of unbranched alkanes of at least 4 members (excludes halogenated alkanes) is 15. The average Bonchev–Trinajstić information content (AvgIpc) is 2.89. The topological polar surface area (TPSA) is 51.2 Å². The SMILES string of the molecule is CCCCCCCCC(=O)CCP(CCC(=O)CCCCCCCC)CCC(=O)CCCCCCCC. The maximum Gasteiger partial charge on any atom is 0.133 e. The standard InChI is InChI=1S/C33H63O3P/c1-4-7-10-13-16-19-22-31(34)25-28-37(29-26-32(35)23-20-17-14-11-8-5-2)30-27-33(36)24-21-18-15-12-9-6-3/h4-30H2,1-3H3. The highest BCUT2D eigenvalue weighted by molar-refractivity contribution is 7.57. The van der Waals surface area contributed by atoms with Crippen LogP contribution in [0.3, 0.4) is 0 Å². The molecule has 0 rings (SSSR count). The van der Waals surface area contributed by atoms with Crippen LogP contribution < -0.4 is 0 Å². The molecule has 0 radical (unpaired) electrons. The molecule has 0 aliphatic carbocycles. The molecule has 0 amide bonds. The van der Waals surface area contributed by atoms with Crippen molar-refractivity contribution in [3.8, 4) is 0 Å². The maximum absolute atomic E-state index is 12.5. The van der Waals surface area contributed by atoms with Crippen molar-refractivity contribution in [2.24, 2.45) is 0 Å². The second kappa shape index (κ2) is 28.4. The molecule has 0 aromatic heterocycles. The van der Waals surface area contributed by atoms with Gasteiger partial charge in [-0.25, -0.2) is 0 Å². The first-order valence-corrected chi connectivity index (χ1v) is 18.2. The lowest BCUT2D eigenvalue weighted by Crippen LogP contribution is -2.09. The van der Waals surface area contributed by atoms with Gasteiger partial charge in [-0.05, 0) is 37.7 Å². The van der Waals surface area contributed by atoms with Crippen molar-refractivity contribution in [1.29, 1.82) is 0 Å². The van der Waals surface area contributed by atoms with Crippen LogP contribution in [0.2, 0.25) is 0 Å². The molecular weight excluding hydrogens is 475 g/mol. The predicted molar refractivity (Wildman–Crippen MR) is 164 cm³/mol. The monoisotopic (exact) mass is 538 g/mol. The van der Waals surface area contributed by atoms with Gasteiger partial charge in [-0.3, -0.25) is 14.4 Å². The third-order valence-corrected chi connectivity index (χ3v) is 10.1. The summed E-state index contributed by atoms with van der Waals surface area (Å²) in [5, 5.41) is 0. The van der Waals surface area contributed by atoms with E-state index in [-0.39, 0.29) is 0 Å². The minimum atomic E-state index is -0.401. The number of carbonyl (C=O) groups excluding carboxylic acids is 3. The highest BCUT2D eigenvalue weighted by Crippen LogP contribution is 2.38. The maximum atomic E-state index is 12.5. The van der Waals surface area contributed by atoms with Crippen molar-refractivity contribution in [2.75, 3.05) is 18.5 Å². The third-order valence-electron chi connectivity index (χ3n) is 7.55. The molecule has 3 nitrogen and oxygen atoms in total. The lowest BCUT2D eigenvalue weighted by atomic mass is 10.1. The van der Waals surface area contributed by atoms with Gasteiger partial charge in [-0.15, -0.1) is 7.92 Å². The Balaban J connectivity index is 4.35. The van der Waals surface area contributed by atoms with Crippen molar-refractivity contribution in [3.63, 3.8) is 0 Å². The number of ketones is 3. The molecule has 0 fully saturated rings. The van der Waals surface area contributed by atoms with E-state index in [0.717, 1.165) is 37.7 Å². The Hall–Kier alpha value is -0.560. The molecule has 37 heavy (non-hydrogen) atoms. The van der Waals surface area contributed by atoms with Gasteiger partial charge in [0.1, 0.15) is 17.3 Å². The zero-order valence-corrected chi connectivity index (χ0v) is 26.2. The Kier molecular flexibility index (Phi) is 28.0. The summed E-state index contributed by atoms with van der Waals surface area (Å²) in [4.78, 5) is 37.5. The molecule has 0 aliphatic rings. The molecule has 0 atom stereocenters. The molecule has 0 aromatic carbocycles. The molecule has 0 N–H and O–H groups in total. The minimum Gasteiger partial charge on any atom is -0.300 e. The molecular formula is C33H63O3P. The second-order valence-electron chi connectivity index (χ2n) is 11.3. The van der Waals surface area contributed by atoms with E-state index in [1.807, 2.05) is 0 Å². The van der Waals surface area contributed by atoms with Crippen LogP contribution in [0, 0.1) is 0 Å². The fourth-order valence-corrected chi connectivity index (χ4v) is 7.23. The lowest BCUT2D eigenvalue weighted by Gasteiger charge is -2.17. The first-order valence-electron chi connectivity index (χ1n) is 16.3. The van der Waals surface area contributed by atoms with E-state index >= 15 is 0 Å². The molecule has 0 saturated carbocycles. The molecule has 0 aliphatic heterocycles. The average molecular weight is 539 g/mol. The smallest absolute Gasteiger partial charge is 0.133 e. The van der Waals surface area contributed by atoms with Gasteiger partial charge in [0.05, 0.1) is 0 Å². The summed E-state index contributed by atoms with van der Waals surface area (Å²) in [6, 6.07) is 0. The van der Waals surface area contributed by atoms with Gasteiger partial charge in [0, 0.05) is 38.5 Å². The van der Waals surface area contributed by atoms with Crippen molar-refractivity contribution in [3.05, 3.63) is 0 Å². The molecule has 0 bridgehead atoms. The van der Waals surface area contributed by atoms with Gasteiger partial charge in [-0.1, -0.05) is 117 Å². The number of Topliss-reactive ketones (excluding diaryl/α,β-unsaturated/α-hetero) is 3. The molecule has 218 valence electrons. The fourth-order valence-electron chi connectivity index (χ4n) is 4.87. The first-order chi connectivity index (χ1) is 18.0. The van der Waals surface area contributed by atoms with E-state index in [1.54, 1.807) is 0 Å². The molecule has 0 saturated heterocycles. The number of carbonyl (C=O) groups is 3. The van der Waals surface area contributed by atoms with Crippen molar-refractivity contribution in [1.82, 2.24) is 0 Å². The van der Waals surface area contributed by atoms with Crippen LogP contribution in [0.5, 0.6) is 0 Å². The highest BCUT2D eigenvalue weighted by Gasteiger charge is 2.15. The van der Waals surface area contributed by atoms with Gasteiger partial charge in [0.25, 0.3) is 0 Å². The van der Waals surface area contributed by atoms with Crippen molar-refractivity contribution < 1.29 is 14.4 Å². The van der Waals surface area contributed by atoms with Gasteiger partial charge < -0.3 is 0 Å². The summed E-state index contributed by atoms with van der Waals surface area (Å²) in [7, 11) is -0.401. The summed E-state index contributed by atoms with van der Waals surface area (Å²) < 4.78 is 0. The molecule has 0 aromatic rings. The van der Waals surface area contributed by atoms with Gasteiger partial charge in [-0.2, -0.15) is 0 Å². The minimum absolute atomic E-state index is 0.389. The summed E-state index contributed by atoms with van der Waals surface area (Å²) in [5.41, 5.74) is 0. The summed E-state index contributed by atoms with van der Waals surface area (Å²) in [6.07, 6.45) is 28.7. The second-order valence-corrected chi connectivity index (χ2v) is 13.9. The Labute approximate surface area is 232 Å². The lowest BCUT2D eigenvalue weighted by molar-refractivity contribution is -0.119. The van der Waals surface area contributed by atoms with Crippen LogP contribution >= 0.6 is 7.92 Å². The summed E-state index contributed by atoms with van der Waals surface area (Å²) in [6.45, 7) is 6.69. The zero-order chi connectivity index (χ0) is 27.4. The molecule has 4 heteroatoms. The van der Waals surface area contributed by atoms with Crippen molar-refractivity contribution >= 4 is 25.3 Å². The number of rotatable bonds is 30. The van der Waals surface area contributed by atoms with E-state index in [4.69, 9.17) is 0 Å². The van der Waals surface area contributed by atoms with Crippen LogP contribution in [-0.2, 0) is 14.4 Å². The van der Waals surface area contributed by atoms with E-state index in [9.17, 15) is 14.4 Å². The summed E-state index contributed by atoms with van der Waals surface area (Å²) in [5.74, 6) is 1.17. The Morgan fingerprint density at radius 1 is 0.351 bits per heavy atom. The van der Waals surface area contributed by atoms with E-state index < -0.39 is 7.92 Å². The van der Waals surface area contributed by atoms with E-state index in [2.05, 4.69) is 20.8 Å². The quantitative estimate of drug-likeness (QED) is 0.0675. The van der Waals surface area contributed by atoms with Crippen molar-refractivity contribution in [2.45, 2.75) is 175 Å². The molecule has 0 unspecified atom stereocenters. The Morgan fingerprint density at radius 2 is 0.595 bits per heavy atom. The van der Waals surface area contributed by atoms with Crippen LogP contribution in [0.4, 0.5) is 0 Å². The number of hydrogen-bond acceptors (Lipinski definition) is 3. The highest BCUT2D eigenvalue weighted by atomic mass is 31.1. The van der Waals surface area contributed by atoms with Gasteiger partial charge >= 0.3 is 0 Å². The predicted octanol–water partition coefficient (Wildman–Crippen LogP) is 10.6. The number of hydrogen-bond donors (Lipinski definition) is 0. The van der Waals surface area contributed by atoms with Crippen LogP contribution in [-0.4, -0.2) is 35.8 Å². The normalized spacial score (nSPS) is 11.4. The Morgan fingerprint density at radius 3 is 0.865 bits per heavy atom. The molecule has 0 heterocycles. The van der Waals surface area contributed by atoms with Gasteiger partial charge in [0.15, 0.2) is 0 Å². The van der Waals surface area contributed by atoms with E-state index in [0.29, 0.717) is 55.9 Å². The largest absolute Gasteiger partial charge is 0.300 e. The van der Waals surface area contributed by atoms with E-state index in [1.165, 1.54) is 96.3 Å². The van der Waals surface area contributed by atoms with Gasteiger partial charge in [0.2, 0.25) is 0 Å².